The van der Waals surface area contributed by atoms with Crippen LogP contribution in [0.2, 0.25) is 0 Å². The smallest absolute Gasteiger partial charge is 0.316 e. The summed E-state index contributed by atoms with van der Waals surface area (Å²) < 4.78 is 5.03. The monoisotopic (exact) mass is 393 g/mol. The lowest BCUT2D eigenvalue weighted by atomic mass is 10.2. The van der Waals surface area contributed by atoms with Crippen LogP contribution in [0.15, 0.2) is 53.4 Å². The summed E-state index contributed by atoms with van der Waals surface area (Å²) in [5.41, 5.74) is 1.79. The SMILES string of the molecule is O=C(NCCCN1CCN(c2ccccc2)CC1)c1nc(-c2ccncn2)no1. The third-order valence-corrected chi connectivity index (χ3v) is 4.86. The Balaban J connectivity index is 1.17. The lowest BCUT2D eigenvalue weighted by molar-refractivity contribution is 0.0907. The molecule has 0 radical (unpaired) electrons. The highest BCUT2D eigenvalue weighted by Gasteiger charge is 2.18. The molecular weight excluding hydrogens is 370 g/mol. The molecular formula is C20H23N7O2. The van der Waals surface area contributed by atoms with Gasteiger partial charge in [-0.1, -0.05) is 23.4 Å². The van der Waals surface area contributed by atoms with Gasteiger partial charge in [0.25, 0.3) is 0 Å². The largest absolute Gasteiger partial charge is 0.369 e. The molecule has 1 fully saturated rings. The number of rotatable bonds is 7. The molecule has 0 atom stereocenters. The number of hydrogen-bond donors (Lipinski definition) is 1. The van der Waals surface area contributed by atoms with Crippen molar-refractivity contribution >= 4 is 11.6 Å². The van der Waals surface area contributed by atoms with Crippen LogP contribution in [-0.2, 0) is 0 Å². The first-order valence-corrected chi connectivity index (χ1v) is 9.70. The van der Waals surface area contributed by atoms with Gasteiger partial charge in [-0.3, -0.25) is 9.69 Å². The van der Waals surface area contributed by atoms with E-state index in [-0.39, 0.29) is 17.6 Å². The van der Waals surface area contributed by atoms with Crippen molar-refractivity contribution in [3.8, 4) is 11.5 Å². The molecule has 1 aliphatic rings. The Morgan fingerprint density at radius 1 is 1.10 bits per heavy atom. The number of nitrogens with one attached hydrogen (secondary N) is 1. The van der Waals surface area contributed by atoms with E-state index in [1.165, 1.54) is 12.0 Å². The van der Waals surface area contributed by atoms with Gasteiger partial charge in [-0.15, -0.1) is 0 Å². The van der Waals surface area contributed by atoms with E-state index in [4.69, 9.17) is 4.52 Å². The van der Waals surface area contributed by atoms with Crippen molar-refractivity contribution in [1.29, 1.82) is 0 Å². The summed E-state index contributed by atoms with van der Waals surface area (Å²) in [5, 5.41) is 6.62. The minimum Gasteiger partial charge on any atom is -0.369 e. The van der Waals surface area contributed by atoms with E-state index in [0.717, 1.165) is 39.1 Å². The van der Waals surface area contributed by atoms with Crippen LogP contribution >= 0.6 is 0 Å². The van der Waals surface area contributed by atoms with Crippen LogP contribution in [0.25, 0.3) is 11.5 Å². The Morgan fingerprint density at radius 2 is 1.93 bits per heavy atom. The minimum absolute atomic E-state index is 0.0601. The molecule has 1 amide bonds. The van der Waals surface area contributed by atoms with Crippen LogP contribution in [-0.4, -0.2) is 70.2 Å². The number of hydrogen-bond acceptors (Lipinski definition) is 8. The first kappa shape index (κ1) is 19.0. The molecule has 0 saturated carbocycles. The fraction of sp³-hybridized carbons (Fsp3) is 0.350. The molecule has 0 spiro atoms. The third-order valence-electron chi connectivity index (χ3n) is 4.86. The molecule has 29 heavy (non-hydrogen) atoms. The van der Waals surface area contributed by atoms with Crippen molar-refractivity contribution in [3.05, 3.63) is 54.8 Å². The maximum atomic E-state index is 12.2. The first-order valence-electron chi connectivity index (χ1n) is 9.70. The molecule has 0 aliphatic carbocycles. The number of nitrogens with zero attached hydrogens (tertiary/aromatic N) is 6. The third kappa shape index (κ3) is 4.94. The Kier molecular flexibility index (Phi) is 6.06. The van der Waals surface area contributed by atoms with E-state index in [1.807, 2.05) is 6.07 Å². The van der Waals surface area contributed by atoms with Crippen molar-refractivity contribution in [2.45, 2.75) is 6.42 Å². The summed E-state index contributed by atoms with van der Waals surface area (Å²) in [4.78, 5) is 29.0. The zero-order chi connectivity index (χ0) is 19.9. The molecule has 0 unspecified atom stereocenters. The van der Waals surface area contributed by atoms with E-state index in [9.17, 15) is 4.79 Å². The molecule has 1 N–H and O–H groups in total. The zero-order valence-corrected chi connectivity index (χ0v) is 16.1. The number of aromatic nitrogens is 4. The predicted molar refractivity (Wildman–Crippen MR) is 107 cm³/mol. The molecule has 1 aliphatic heterocycles. The van der Waals surface area contributed by atoms with Crippen LogP contribution in [0.5, 0.6) is 0 Å². The summed E-state index contributed by atoms with van der Waals surface area (Å²) in [6, 6.07) is 12.1. The van der Waals surface area contributed by atoms with Gasteiger partial charge < -0.3 is 14.7 Å². The lowest BCUT2D eigenvalue weighted by Crippen LogP contribution is -2.47. The highest BCUT2D eigenvalue weighted by molar-refractivity contribution is 5.89. The molecule has 9 nitrogen and oxygen atoms in total. The van der Waals surface area contributed by atoms with Gasteiger partial charge in [-0.25, -0.2) is 9.97 Å². The predicted octanol–water partition coefficient (Wildman–Crippen LogP) is 1.47. The Labute approximate surface area is 168 Å². The van der Waals surface area contributed by atoms with E-state index < -0.39 is 0 Å². The summed E-state index contributed by atoms with van der Waals surface area (Å²) in [6.45, 7) is 5.58. The average Bonchev–Trinajstić information content (AvgIpc) is 3.29. The van der Waals surface area contributed by atoms with Gasteiger partial charge in [-0.2, -0.15) is 4.98 Å². The normalized spacial score (nSPS) is 14.7. The van der Waals surface area contributed by atoms with Crippen molar-refractivity contribution in [3.63, 3.8) is 0 Å². The molecule has 3 aromatic rings. The second kappa shape index (κ2) is 9.24. The topological polar surface area (TPSA) is 100 Å². The molecule has 0 bridgehead atoms. The van der Waals surface area contributed by atoms with Crippen molar-refractivity contribution in [2.75, 3.05) is 44.2 Å². The van der Waals surface area contributed by atoms with Crippen LogP contribution < -0.4 is 10.2 Å². The van der Waals surface area contributed by atoms with Crippen molar-refractivity contribution in [1.82, 2.24) is 30.3 Å². The van der Waals surface area contributed by atoms with Gasteiger partial charge >= 0.3 is 11.8 Å². The maximum Gasteiger partial charge on any atom is 0.316 e. The lowest BCUT2D eigenvalue weighted by Gasteiger charge is -2.36. The van der Waals surface area contributed by atoms with Gasteiger partial charge in [0.15, 0.2) is 0 Å². The highest BCUT2D eigenvalue weighted by Crippen LogP contribution is 2.15. The number of piperazine rings is 1. The average molecular weight is 393 g/mol. The minimum atomic E-state index is -0.369. The summed E-state index contributed by atoms with van der Waals surface area (Å²) in [6.07, 6.45) is 3.84. The summed E-state index contributed by atoms with van der Waals surface area (Å²) in [5.74, 6) is -0.157. The number of carbonyl (C=O) groups is 1. The van der Waals surface area contributed by atoms with Crippen LogP contribution in [0.1, 0.15) is 17.1 Å². The maximum absolute atomic E-state index is 12.2. The molecule has 2 aromatic heterocycles. The van der Waals surface area contributed by atoms with Gasteiger partial charge in [0.1, 0.15) is 12.0 Å². The number of benzene rings is 1. The van der Waals surface area contributed by atoms with Crippen molar-refractivity contribution in [2.24, 2.45) is 0 Å². The number of carbonyl (C=O) groups excluding carboxylic acids is 1. The molecule has 4 rings (SSSR count). The van der Waals surface area contributed by atoms with Crippen LogP contribution in [0, 0.1) is 0 Å². The second-order valence-corrected chi connectivity index (χ2v) is 6.79. The van der Waals surface area contributed by atoms with Gasteiger partial charge in [0.2, 0.25) is 5.82 Å². The molecule has 9 heteroatoms. The van der Waals surface area contributed by atoms with E-state index >= 15 is 0 Å². The van der Waals surface area contributed by atoms with Crippen LogP contribution in [0.3, 0.4) is 0 Å². The number of para-hydroxylation sites is 1. The number of anilines is 1. The Bertz CT molecular complexity index is 909. The molecule has 1 aromatic carbocycles. The summed E-state index contributed by atoms with van der Waals surface area (Å²) in [7, 11) is 0. The van der Waals surface area contributed by atoms with Gasteiger partial charge in [-0.05, 0) is 31.2 Å². The number of amides is 1. The molecule has 150 valence electrons. The quantitative estimate of drug-likeness (QED) is 0.603. The standard InChI is InChI=1S/C20H23N7O2/c28-19(20-24-18(25-29-20)17-7-9-21-15-23-17)22-8-4-10-26-11-13-27(14-12-26)16-5-2-1-3-6-16/h1-3,5-7,9,15H,4,8,10-14H2,(H,22,28). The van der Waals surface area contributed by atoms with E-state index in [2.05, 4.69) is 59.5 Å². The van der Waals surface area contributed by atoms with E-state index in [0.29, 0.717) is 12.2 Å². The van der Waals surface area contributed by atoms with E-state index in [1.54, 1.807) is 12.3 Å². The summed E-state index contributed by atoms with van der Waals surface area (Å²) >= 11 is 0. The Hall–Kier alpha value is -3.33. The van der Waals surface area contributed by atoms with Crippen LogP contribution in [0.4, 0.5) is 5.69 Å². The molecule has 1 saturated heterocycles. The van der Waals surface area contributed by atoms with Crippen molar-refractivity contribution < 1.29 is 9.32 Å². The van der Waals surface area contributed by atoms with Gasteiger partial charge in [0, 0.05) is 44.6 Å². The fourth-order valence-electron chi connectivity index (χ4n) is 3.29. The van der Waals surface area contributed by atoms with Gasteiger partial charge in [0.05, 0.1) is 0 Å². The highest BCUT2D eigenvalue weighted by atomic mass is 16.5. The Morgan fingerprint density at radius 3 is 2.69 bits per heavy atom. The first-order chi connectivity index (χ1) is 14.3. The fourth-order valence-corrected chi connectivity index (χ4v) is 3.29. The molecule has 3 heterocycles. The zero-order valence-electron chi connectivity index (χ0n) is 16.1. The second-order valence-electron chi connectivity index (χ2n) is 6.79.